The minimum Gasteiger partial charge on any atom is -0.354 e. The minimum atomic E-state index is -4.42. The topological polar surface area (TPSA) is 71.1 Å². The lowest BCUT2D eigenvalue weighted by Crippen LogP contribution is -2.23. The largest absolute Gasteiger partial charge is 0.416 e. The van der Waals surface area contributed by atoms with Crippen LogP contribution in [0.25, 0.3) is 11.1 Å². The monoisotopic (exact) mass is 403 g/mol. The van der Waals surface area contributed by atoms with E-state index in [0.717, 1.165) is 37.8 Å². The van der Waals surface area contributed by atoms with E-state index in [-0.39, 0.29) is 35.2 Å². The Morgan fingerprint density at radius 1 is 1.07 bits per heavy atom. The fourth-order valence-electron chi connectivity index (χ4n) is 3.35. The molecule has 0 spiro atoms. The maximum absolute atomic E-state index is 12.9. The van der Waals surface area contributed by atoms with Gasteiger partial charge in [0, 0.05) is 13.0 Å². The van der Waals surface area contributed by atoms with Gasteiger partial charge in [-0.05, 0) is 66.5 Å². The molecule has 2 fully saturated rings. The van der Waals surface area contributed by atoms with Crippen LogP contribution >= 0.6 is 0 Å². The zero-order chi connectivity index (χ0) is 20.8. The van der Waals surface area contributed by atoms with Crippen molar-refractivity contribution in [2.75, 3.05) is 12.4 Å². The van der Waals surface area contributed by atoms with Gasteiger partial charge >= 0.3 is 6.18 Å². The third-order valence-electron chi connectivity index (χ3n) is 5.21. The Hall–Kier alpha value is -2.90. The quantitative estimate of drug-likeness (QED) is 0.780. The normalized spacial score (nSPS) is 16.4. The zero-order valence-corrected chi connectivity index (χ0v) is 15.8. The second kappa shape index (κ2) is 7.17. The molecule has 0 saturated heterocycles. The number of hydrogen-bond acceptors (Lipinski definition) is 3. The minimum absolute atomic E-state index is 0.0436. The Morgan fingerprint density at radius 3 is 2.24 bits per heavy atom. The molecule has 2 amide bonds. The molecule has 2 aliphatic carbocycles. The first kappa shape index (κ1) is 19.4. The smallest absolute Gasteiger partial charge is 0.354 e. The predicted molar refractivity (Wildman–Crippen MR) is 101 cm³/mol. The van der Waals surface area contributed by atoms with Crippen LogP contribution in [-0.4, -0.2) is 23.8 Å². The lowest BCUT2D eigenvalue weighted by atomic mass is 9.94. The molecule has 8 heteroatoms. The van der Waals surface area contributed by atoms with E-state index in [1.54, 1.807) is 6.07 Å². The summed E-state index contributed by atoms with van der Waals surface area (Å²) in [5.41, 5.74) is 1.36. The summed E-state index contributed by atoms with van der Waals surface area (Å²) in [6.45, 7) is 0. The third-order valence-corrected chi connectivity index (χ3v) is 5.21. The number of halogens is 3. The number of rotatable bonds is 5. The van der Waals surface area contributed by atoms with Crippen LogP contribution in [0.2, 0.25) is 0 Å². The van der Waals surface area contributed by atoms with E-state index in [1.165, 1.54) is 19.2 Å². The number of nitrogens with zero attached hydrogens (tertiary/aromatic N) is 1. The number of pyridine rings is 1. The Kier molecular flexibility index (Phi) is 4.80. The summed E-state index contributed by atoms with van der Waals surface area (Å²) in [6.07, 6.45) is -1.02. The SMILES string of the molecule is CNC(=O)c1nc(NC(=O)C2CC2)cc(-c2ccc(C(F)(F)F)cc2)c1C1CC1. The van der Waals surface area contributed by atoms with Gasteiger partial charge in [0.15, 0.2) is 0 Å². The fraction of sp³-hybridized carbons (Fsp3) is 0.381. The molecule has 2 saturated carbocycles. The van der Waals surface area contributed by atoms with E-state index < -0.39 is 11.7 Å². The van der Waals surface area contributed by atoms with Gasteiger partial charge in [-0.25, -0.2) is 4.98 Å². The Morgan fingerprint density at radius 2 is 1.72 bits per heavy atom. The molecule has 0 unspecified atom stereocenters. The summed E-state index contributed by atoms with van der Waals surface area (Å²) in [4.78, 5) is 29.0. The van der Waals surface area contributed by atoms with Crippen LogP contribution in [0.15, 0.2) is 30.3 Å². The Balaban J connectivity index is 1.81. The number of benzene rings is 1. The second-order valence-corrected chi connectivity index (χ2v) is 7.51. The molecule has 1 aromatic heterocycles. The number of amides is 2. The van der Waals surface area contributed by atoms with Crippen LogP contribution in [-0.2, 0) is 11.0 Å². The van der Waals surface area contributed by atoms with Crippen LogP contribution in [0.3, 0.4) is 0 Å². The standard InChI is InChI=1S/C21H20F3N3O2/c1-25-20(29)18-17(12-2-3-12)15(10-16(26-18)27-19(28)13-4-5-13)11-6-8-14(9-7-11)21(22,23)24/h6-10,12-13H,2-5H2,1H3,(H,25,29)(H,26,27,28). The summed E-state index contributed by atoms with van der Waals surface area (Å²) in [7, 11) is 1.49. The molecule has 1 aromatic carbocycles. The van der Waals surface area contributed by atoms with E-state index in [1.807, 2.05) is 0 Å². The van der Waals surface area contributed by atoms with Crippen molar-refractivity contribution < 1.29 is 22.8 Å². The fourth-order valence-corrected chi connectivity index (χ4v) is 3.35. The first-order valence-electron chi connectivity index (χ1n) is 9.53. The number of nitrogens with one attached hydrogen (secondary N) is 2. The van der Waals surface area contributed by atoms with Gasteiger partial charge in [0.05, 0.1) is 5.56 Å². The van der Waals surface area contributed by atoms with Gasteiger partial charge in [0.2, 0.25) is 5.91 Å². The highest BCUT2D eigenvalue weighted by molar-refractivity contribution is 5.99. The van der Waals surface area contributed by atoms with Gasteiger partial charge in [0.25, 0.3) is 5.91 Å². The zero-order valence-electron chi connectivity index (χ0n) is 15.8. The van der Waals surface area contributed by atoms with Crippen LogP contribution in [0, 0.1) is 5.92 Å². The van der Waals surface area contributed by atoms with E-state index in [0.29, 0.717) is 16.7 Å². The number of hydrogen-bond donors (Lipinski definition) is 2. The Labute approximate surface area is 165 Å². The molecule has 5 nitrogen and oxygen atoms in total. The van der Waals surface area contributed by atoms with Crippen molar-refractivity contribution in [1.82, 2.24) is 10.3 Å². The lowest BCUT2D eigenvalue weighted by molar-refractivity contribution is -0.137. The third kappa shape index (κ3) is 4.11. The molecule has 0 radical (unpaired) electrons. The Bertz CT molecular complexity index is 962. The van der Waals surface area contributed by atoms with Crippen LogP contribution < -0.4 is 10.6 Å². The first-order valence-corrected chi connectivity index (χ1v) is 9.53. The van der Waals surface area contributed by atoms with Gasteiger partial charge in [0.1, 0.15) is 11.5 Å². The number of aromatic nitrogens is 1. The maximum Gasteiger partial charge on any atom is 0.416 e. The second-order valence-electron chi connectivity index (χ2n) is 7.51. The number of carbonyl (C=O) groups is 2. The van der Waals surface area contributed by atoms with Crippen molar-refractivity contribution in [3.8, 4) is 11.1 Å². The van der Waals surface area contributed by atoms with E-state index in [4.69, 9.17) is 0 Å². The molecule has 1 heterocycles. The summed E-state index contributed by atoms with van der Waals surface area (Å²) < 4.78 is 38.8. The number of alkyl halides is 3. The molecule has 0 aliphatic heterocycles. The van der Waals surface area contributed by atoms with Gasteiger partial charge in [-0.15, -0.1) is 0 Å². The van der Waals surface area contributed by atoms with Crippen molar-refractivity contribution in [2.24, 2.45) is 5.92 Å². The van der Waals surface area contributed by atoms with Crippen LogP contribution in [0.1, 0.15) is 53.2 Å². The summed E-state index contributed by atoms with van der Waals surface area (Å²) >= 11 is 0. The van der Waals surface area contributed by atoms with Crippen LogP contribution in [0.4, 0.5) is 19.0 Å². The summed E-state index contributed by atoms with van der Waals surface area (Å²) in [6, 6.07) is 6.49. The molecule has 152 valence electrons. The summed E-state index contributed by atoms with van der Waals surface area (Å²) in [5.74, 6) is -0.224. The number of carbonyl (C=O) groups excluding carboxylic acids is 2. The lowest BCUT2D eigenvalue weighted by Gasteiger charge is -2.17. The van der Waals surface area contributed by atoms with E-state index in [9.17, 15) is 22.8 Å². The average molecular weight is 403 g/mol. The van der Waals surface area contributed by atoms with Gasteiger partial charge in [-0.1, -0.05) is 12.1 Å². The predicted octanol–water partition coefficient (Wildman–Crippen LogP) is 4.35. The average Bonchev–Trinajstić information content (AvgIpc) is 3.58. The summed E-state index contributed by atoms with van der Waals surface area (Å²) in [5, 5.41) is 5.31. The number of anilines is 1. The molecule has 29 heavy (non-hydrogen) atoms. The van der Waals surface area contributed by atoms with Gasteiger partial charge in [-0.2, -0.15) is 13.2 Å². The molecular weight excluding hydrogens is 383 g/mol. The first-order chi connectivity index (χ1) is 13.8. The molecule has 0 atom stereocenters. The molecule has 2 N–H and O–H groups in total. The van der Waals surface area contributed by atoms with Crippen molar-refractivity contribution in [3.63, 3.8) is 0 Å². The maximum atomic E-state index is 12.9. The van der Waals surface area contributed by atoms with Crippen molar-refractivity contribution in [2.45, 2.75) is 37.8 Å². The van der Waals surface area contributed by atoms with E-state index in [2.05, 4.69) is 15.6 Å². The van der Waals surface area contributed by atoms with Crippen LogP contribution in [0.5, 0.6) is 0 Å². The van der Waals surface area contributed by atoms with Crippen molar-refractivity contribution in [3.05, 3.63) is 47.2 Å². The molecule has 0 bridgehead atoms. The molecular formula is C21H20F3N3O2. The highest BCUT2D eigenvalue weighted by Crippen LogP contribution is 2.47. The molecule has 4 rings (SSSR count). The molecule has 2 aliphatic rings. The van der Waals surface area contributed by atoms with Crippen molar-refractivity contribution in [1.29, 1.82) is 0 Å². The van der Waals surface area contributed by atoms with Crippen molar-refractivity contribution >= 4 is 17.6 Å². The van der Waals surface area contributed by atoms with E-state index >= 15 is 0 Å². The molecule has 2 aromatic rings. The van der Waals surface area contributed by atoms with Gasteiger partial charge < -0.3 is 10.6 Å². The van der Waals surface area contributed by atoms with Gasteiger partial charge in [-0.3, -0.25) is 9.59 Å². The highest BCUT2D eigenvalue weighted by Gasteiger charge is 2.35. The highest BCUT2D eigenvalue weighted by atomic mass is 19.4.